The van der Waals surface area contributed by atoms with E-state index in [4.69, 9.17) is 72.6 Å². The van der Waals surface area contributed by atoms with E-state index < -0.39 is 46.2 Å². The second kappa shape index (κ2) is 22.3. The lowest BCUT2D eigenvalue weighted by Gasteiger charge is -2.12. The molecule has 4 aromatic heterocycles. The molecule has 2 aromatic carbocycles. The summed E-state index contributed by atoms with van der Waals surface area (Å²) in [6.07, 6.45) is 0. The lowest BCUT2D eigenvalue weighted by molar-refractivity contribution is 0.0685. The predicted molar refractivity (Wildman–Crippen MR) is 235 cm³/mol. The summed E-state index contributed by atoms with van der Waals surface area (Å²) in [7, 11) is 0. The number of halogens is 5. The third-order valence-electron chi connectivity index (χ3n) is 8.06. The van der Waals surface area contributed by atoms with Crippen LogP contribution in [0.5, 0.6) is 23.3 Å². The lowest BCUT2D eigenvalue weighted by Crippen LogP contribution is -2.35. The molecule has 0 saturated heterocycles. The highest BCUT2D eigenvalue weighted by Gasteiger charge is 2.20. The number of rotatable bonds is 11. The highest BCUT2D eigenvalue weighted by atomic mass is 35.5. The number of hydrogen-bond acceptors (Lipinski definition) is 16. The van der Waals surface area contributed by atoms with Crippen molar-refractivity contribution in [3.63, 3.8) is 0 Å². The summed E-state index contributed by atoms with van der Waals surface area (Å²) >= 11 is 29.6. The third-order valence-corrected chi connectivity index (χ3v) is 9.30. The minimum atomic E-state index is -1.62. The topological polar surface area (TPSA) is 329 Å². The fraction of sp³-hybridized carbons (Fsp3) is 0.243. The summed E-state index contributed by atoms with van der Waals surface area (Å²) < 4.78 is 16.8. The van der Waals surface area contributed by atoms with Crippen molar-refractivity contribution in [1.82, 2.24) is 49.9 Å². The Morgan fingerprint density at radius 2 is 1.06 bits per heavy atom. The Hall–Kier alpha value is -6.63. The maximum Gasteiger partial charge on any atom is 0.403 e. The van der Waals surface area contributed by atoms with Crippen molar-refractivity contribution in [3.05, 3.63) is 141 Å². The maximum atomic E-state index is 12.0. The number of benzene rings is 2. The van der Waals surface area contributed by atoms with Gasteiger partial charge in [0.2, 0.25) is 17.5 Å². The van der Waals surface area contributed by atoms with Crippen LogP contribution >= 0.6 is 58.0 Å². The molecular weight excluding hydrogens is 970 g/mol. The van der Waals surface area contributed by atoms with Crippen LogP contribution in [0.2, 0.25) is 20.1 Å². The number of aromatic carboxylic acids is 1. The number of H-pyrrole nitrogens is 4. The number of aliphatic hydroxyl groups is 1. The maximum absolute atomic E-state index is 12.0. The second-order valence-corrected chi connectivity index (χ2v) is 15.2. The van der Waals surface area contributed by atoms with Crippen LogP contribution < -0.4 is 43.1 Å². The molecular formula is C37H33Cl5N10O13. The molecule has 0 bridgehead atoms. The van der Waals surface area contributed by atoms with Crippen LogP contribution in [0.1, 0.15) is 73.8 Å². The van der Waals surface area contributed by atoms with Crippen LogP contribution in [0.25, 0.3) is 11.4 Å². The van der Waals surface area contributed by atoms with Gasteiger partial charge in [0.05, 0.1) is 44.7 Å². The Kier molecular flexibility index (Phi) is 17.5. The summed E-state index contributed by atoms with van der Waals surface area (Å²) in [5.41, 5.74) is -5.30. The van der Waals surface area contributed by atoms with Crippen LogP contribution in [-0.2, 0) is 11.3 Å². The van der Waals surface area contributed by atoms with Gasteiger partial charge < -0.3 is 24.4 Å². The quantitative estimate of drug-likeness (QED) is 0.0927. The summed E-state index contributed by atoms with van der Waals surface area (Å²) in [5, 5.41) is 37.7. The second-order valence-electron chi connectivity index (χ2n) is 13.2. The zero-order valence-electron chi connectivity index (χ0n) is 34.0. The number of carbonyl (C=O) groups is 2. The number of nitrogens with zero attached hydrogens (tertiary/aromatic N) is 6. The van der Waals surface area contributed by atoms with Crippen molar-refractivity contribution >= 4 is 69.4 Å². The molecule has 0 fully saturated rings. The van der Waals surface area contributed by atoms with Gasteiger partial charge in [-0.15, -0.1) is 10.2 Å². The summed E-state index contributed by atoms with van der Waals surface area (Å²) in [5.74, 6) is -1.63. The molecule has 0 radical (unpaired) electrons. The van der Waals surface area contributed by atoms with Gasteiger partial charge >= 0.3 is 22.8 Å². The number of carboxylic acid groups (broad SMARTS) is 1. The summed E-state index contributed by atoms with van der Waals surface area (Å²) in [6.45, 7) is 8.72. The molecule has 0 aliphatic carbocycles. The number of hydrogen-bond donors (Lipinski definition) is 6. The highest BCUT2D eigenvalue weighted by Crippen LogP contribution is 2.39. The van der Waals surface area contributed by atoms with Gasteiger partial charge in [-0.2, -0.15) is 19.6 Å². The van der Waals surface area contributed by atoms with Crippen LogP contribution in [0.4, 0.5) is 4.79 Å². The van der Waals surface area contributed by atoms with E-state index in [0.717, 1.165) is 4.68 Å². The standard InChI is InChI=1S/C17H13Cl2N5O6.C17H15Cl2N5O5.C3H5ClO2/c1-6(2)8-5-11(21-22-14(8)25)30-13-9(18)3-7(4-10(13)19)24-17(29)20-15(26)12(23-24)16(27)28;1-7(2)9-5-13(21-22-15(9)26)29-14-10(18)3-8(4-11(14)19)24-17(28)20-16(27)12(6-25)23-24;1-2-6-3(4)5/h3-6H,1-2H3,(H,22,25)(H,27,28)(H,20,26,29);3-5,7,25H,6H2,1-2H3,(H,22,26)(H,20,27,28);2H2,1H3. The van der Waals surface area contributed by atoms with E-state index in [1.165, 1.54) is 36.4 Å². The van der Waals surface area contributed by atoms with E-state index in [9.17, 15) is 43.5 Å². The summed E-state index contributed by atoms with van der Waals surface area (Å²) in [6, 6.07) is 8.06. The fourth-order valence-electron chi connectivity index (χ4n) is 5.05. The Bertz CT molecular complexity index is 3080. The first-order chi connectivity index (χ1) is 30.6. The monoisotopic (exact) mass is 1000 g/mol. The smallest absolute Gasteiger partial charge is 0.403 e. The minimum absolute atomic E-state index is 0.0154. The minimum Gasteiger partial charge on any atom is -0.476 e. The number of aliphatic hydroxyl groups excluding tert-OH is 1. The lowest BCUT2D eigenvalue weighted by atomic mass is 10.1. The SMILES string of the molecule is CC(C)c1cc(Oc2c(Cl)cc(-n3nc(C(=O)O)c(=O)[nH]c3=O)cc2Cl)n[nH]c1=O.CC(C)c1cc(Oc2c(Cl)cc(-n3nc(CO)c(=O)[nH]c3=O)cc2Cl)n[nH]c1=O.CCOC(=O)Cl. The van der Waals surface area contributed by atoms with Gasteiger partial charge in [0.15, 0.2) is 17.2 Å². The van der Waals surface area contributed by atoms with Crippen LogP contribution in [0, 0.1) is 0 Å². The van der Waals surface area contributed by atoms with E-state index in [2.05, 4.69) is 35.3 Å². The van der Waals surface area contributed by atoms with E-state index in [-0.39, 0.29) is 83.4 Å². The molecule has 6 rings (SSSR count). The summed E-state index contributed by atoms with van der Waals surface area (Å²) in [4.78, 5) is 95.4. The largest absolute Gasteiger partial charge is 0.476 e. The Balaban J connectivity index is 0.000000253. The molecule has 0 unspecified atom stereocenters. The van der Waals surface area contributed by atoms with Gasteiger partial charge in [-0.3, -0.25) is 29.1 Å². The molecule has 0 aliphatic rings. The first-order valence-electron chi connectivity index (χ1n) is 18.2. The van der Waals surface area contributed by atoms with Crippen molar-refractivity contribution in [2.75, 3.05) is 6.61 Å². The molecule has 28 heteroatoms. The van der Waals surface area contributed by atoms with E-state index >= 15 is 0 Å². The number of aromatic nitrogens is 10. The van der Waals surface area contributed by atoms with Gasteiger partial charge in [0.25, 0.3) is 22.2 Å². The van der Waals surface area contributed by atoms with Crippen LogP contribution in [0.15, 0.2) is 65.2 Å². The van der Waals surface area contributed by atoms with E-state index in [1.807, 2.05) is 37.7 Å². The van der Waals surface area contributed by atoms with E-state index in [1.54, 1.807) is 6.92 Å². The molecule has 0 saturated carbocycles. The molecule has 344 valence electrons. The molecule has 0 amide bonds. The van der Waals surface area contributed by atoms with Crippen molar-refractivity contribution in [2.45, 2.75) is 53.1 Å². The molecule has 0 spiro atoms. The zero-order valence-corrected chi connectivity index (χ0v) is 37.8. The Morgan fingerprint density at radius 3 is 1.40 bits per heavy atom. The van der Waals surface area contributed by atoms with Crippen molar-refractivity contribution in [2.24, 2.45) is 0 Å². The van der Waals surface area contributed by atoms with Gasteiger partial charge in [-0.1, -0.05) is 74.1 Å². The van der Waals surface area contributed by atoms with Crippen molar-refractivity contribution in [1.29, 1.82) is 0 Å². The predicted octanol–water partition coefficient (Wildman–Crippen LogP) is 5.03. The number of carboxylic acids is 1. The molecule has 4 heterocycles. The number of nitrogens with one attached hydrogen (secondary N) is 4. The van der Waals surface area contributed by atoms with Crippen molar-refractivity contribution in [3.8, 4) is 34.6 Å². The molecule has 0 atom stereocenters. The van der Waals surface area contributed by atoms with Gasteiger partial charge in [0, 0.05) is 34.9 Å². The zero-order chi connectivity index (χ0) is 48.4. The first-order valence-corrected chi connectivity index (χ1v) is 20.1. The molecule has 6 aromatic rings. The van der Waals surface area contributed by atoms with Gasteiger partial charge in [-0.25, -0.2) is 29.4 Å². The molecule has 23 nitrogen and oxygen atoms in total. The number of ether oxygens (including phenoxy) is 3. The average molecular weight is 1000 g/mol. The van der Waals surface area contributed by atoms with Crippen LogP contribution in [0.3, 0.4) is 0 Å². The van der Waals surface area contributed by atoms with Gasteiger partial charge in [-0.05, 0) is 43.0 Å². The van der Waals surface area contributed by atoms with Gasteiger partial charge in [0.1, 0.15) is 0 Å². The normalized spacial score (nSPS) is 10.7. The number of carbonyl (C=O) groups excluding carboxylic acids is 1. The first kappa shape index (κ1) is 51.0. The fourth-order valence-corrected chi connectivity index (χ4v) is 6.26. The third kappa shape index (κ3) is 13.0. The van der Waals surface area contributed by atoms with E-state index in [0.29, 0.717) is 22.4 Å². The Morgan fingerprint density at radius 1 is 0.662 bits per heavy atom. The van der Waals surface area contributed by atoms with Crippen LogP contribution in [-0.4, -0.2) is 78.1 Å². The number of aromatic amines is 4. The van der Waals surface area contributed by atoms with Crippen molar-refractivity contribution < 1.29 is 34.0 Å². The Labute approximate surface area is 387 Å². The molecule has 6 N–H and O–H groups in total. The molecule has 65 heavy (non-hydrogen) atoms. The highest BCUT2D eigenvalue weighted by molar-refractivity contribution is 6.61. The average Bonchev–Trinajstić information content (AvgIpc) is 3.21. The molecule has 0 aliphatic heterocycles.